The molecule has 6 heteroatoms. The minimum Gasteiger partial charge on any atom is -0.494 e. The van der Waals surface area contributed by atoms with Gasteiger partial charge >= 0.3 is 0 Å². The maximum atomic E-state index is 11.9. The first-order valence-electron chi connectivity index (χ1n) is 9.27. The zero-order chi connectivity index (χ0) is 19.1. The summed E-state index contributed by atoms with van der Waals surface area (Å²) in [5.74, 6) is 0.856. The van der Waals surface area contributed by atoms with E-state index in [0.717, 1.165) is 41.1 Å². The lowest BCUT2D eigenvalue weighted by molar-refractivity contribution is -0.121. The molecule has 1 aliphatic rings. The molecule has 0 saturated carbocycles. The van der Waals surface area contributed by atoms with Crippen molar-refractivity contribution >= 4 is 23.2 Å². The molecule has 0 bridgehead atoms. The summed E-state index contributed by atoms with van der Waals surface area (Å²) in [5.41, 5.74) is 9.50. The second kappa shape index (κ2) is 9.07. The van der Waals surface area contributed by atoms with Crippen LogP contribution in [0.3, 0.4) is 0 Å². The van der Waals surface area contributed by atoms with Gasteiger partial charge in [-0.2, -0.15) is 0 Å². The summed E-state index contributed by atoms with van der Waals surface area (Å²) in [7, 11) is 0. The van der Waals surface area contributed by atoms with Crippen molar-refractivity contribution in [2.45, 2.75) is 32.1 Å². The van der Waals surface area contributed by atoms with E-state index in [4.69, 9.17) is 10.5 Å². The number of nitrogen functional groups attached to an aromatic ring is 1. The first-order chi connectivity index (χ1) is 13.1. The number of nitrogens with two attached hydrogens (primary N) is 1. The number of nitrogens with one attached hydrogen (secondary N) is 2. The van der Waals surface area contributed by atoms with Crippen molar-refractivity contribution in [3.8, 4) is 5.75 Å². The number of rotatable bonds is 8. The number of amides is 2. The van der Waals surface area contributed by atoms with Gasteiger partial charge in [0.1, 0.15) is 5.75 Å². The number of fused-ring (bicyclic) bond motifs is 1. The van der Waals surface area contributed by atoms with E-state index in [1.54, 1.807) is 0 Å². The molecule has 0 radical (unpaired) electrons. The average Bonchev–Trinajstić information content (AvgIpc) is 2.67. The highest BCUT2D eigenvalue weighted by atomic mass is 16.5. The molecule has 2 amide bonds. The van der Waals surface area contributed by atoms with Crippen molar-refractivity contribution in [2.24, 2.45) is 0 Å². The van der Waals surface area contributed by atoms with Gasteiger partial charge < -0.3 is 21.1 Å². The smallest absolute Gasteiger partial charge is 0.224 e. The largest absolute Gasteiger partial charge is 0.494 e. The molecule has 0 fully saturated rings. The molecule has 3 rings (SSSR count). The number of ether oxygens (including phenoxy) is 1. The number of hydrogen-bond donors (Lipinski definition) is 3. The molecule has 4 N–H and O–H groups in total. The maximum absolute atomic E-state index is 11.9. The molecule has 0 atom stereocenters. The van der Waals surface area contributed by atoms with Crippen molar-refractivity contribution < 1.29 is 14.3 Å². The summed E-state index contributed by atoms with van der Waals surface area (Å²) >= 11 is 0. The van der Waals surface area contributed by atoms with E-state index >= 15 is 0 Å². The van der Waals surface area contributed by atoms with Gasteiger partial charge in [0.2, 0.25) is 11.8 Å². The zero-order valence-electron chi connectivity index (χ0n) is 15.3. The number of anilines is 2. The average molecular weight is 367 g/mol. The first kappa shape index (κ1) is 18.8. The lowest BCUT2D eigenvalue weighted by atomic mass is 10.0. The third-order valence-electron chi connectivity index (χ3n) is 4.50. The number of benzene rings is 2. The van der Waals surface area contributed by atoms with Gasteiger partial charge in [-0.3, -0.25) is 9.59 Å². The SMILES string of the molecule is Nc1ccc(CCNC(=O)CCCOc2ccc3c(c2)CCC(=O)N3)cc1. The van der Waals surface area contributed by atoms with Crippen LogP contribution in [0.4, 0.5) is 11.4 Å². The second-order valence-corrected chi connectivity index (χ2v) is 6.66. The van der Waals surface area contributed by atoms with Crippen LogP contribution in [-0.2, 0) is 22.4 Å². The summed E-state index contributed by atoms with van der Waals surface area (Å²) in [6, 6.07) is 13.3. The summed E-state index contributed by atoms with van der Waals surface area (Å²) in [6.07, 6.45) is 3.11. The molecule has 2 aromatic carbocycles. The van der Waals surface area contributed by atoms with Crippen molar-refractivity contribution in [3.63, 3.8) is 0 Å². The van der Waals surface area contributed by atoms with Gasteiger partial charge in [-0.05, 0) is 60.7 Å². The summed E-state index contributed by atoms with van der Waals surface area (Å²) in [5, 5.41) is 5.77. The van der Waals surface area contributed by atoms with E-state index < -0.39 is 0 Å². The minimum atomic E-state index is 0.0298. The quantitative estimate of drug-likeness (QED) is 0.494. The third kappa shape index (κ3) is 5.74. The lowest BCUT2D eigenvalue weighted by Crippen LogP contribution is -2.25. The molecule has 6 nitrogen and oxygen atoms in total. The summed E-state index contributed by atoms with van der Waals surface area (Å²) in [4.78, 5) is 23.3. The topological polar surface area (TPSA) is 93.4 Å². The molecule has 1 heterocycles. The highest BCUT2D eigenvalue weighted by Gasteiger charge is 2.15. The standard InChI is InChI=1S/C21H25N3O3/c22-17-6-3-15(4-7-17)11-12-23-20(25)2-1-13-27-18-8-9-19-16(14-18)5-10-21(26)24-19/h3-4,6-9,14H,1-2,5,10-13,22H2,(H,23,25)(H,24,26). The Balaban J connectivity index is 1.32. The minimum absolute atomic E-state index is 0.0298. The van der Waals surface area contributed by atoms with Crippen LogP contribution in [-0.4, -0.2) is 25.0 Å². The molecule has 0 unspecified atom stereocenters. The van der Waals surface area contributed by atoms with Crippen molar-refractivity contribution in [2.75, 3.05) is 24.2 Å². The molecule has 0 aliphatic carbocycles. The van der Waals surface area contributed by atoms with Crippen LogP contribution >= 0.6 is 0 Å². The third-order valence-corrected chi connectivity index (χ3v) is 4.50. The fourth-order valence-electron chi connectivity index (χ4n) is 2.99. The second-order valence-electron chi connectivity index (χ2n) is 6.66. The van der Waals surface area contributed by atoms with Gasteiger partial charge in [0.25, 0.3) is 0 Å². The predicted octanol–water partition coefficient (Wildman–Crippen LogP) is 2.67. The Kier molecular flexibility index (Phi) is 6.30. The van der Waals surface area contributed by atoms with Gasteiger partial charge in [0.15, 0.2) is 0 Å². The fraction of sp³-hybridized carbons (Fsp3) is 0.333. The Morgan fingerprint density at radius 2 is 1.96 bits per heavy atom. The Hall–Kier alpha value is -3.02. The molecule has 142 valence electrons. The van der Waals surface area contributed by atoms with Crippen LogP contribution in [0.15, 0.2) is 42.5 Å². The normalized spacial score (nSPS) is 12.8. The van der Waals surface area contributed by atoms with Gasteiger partial charge in [-0.15, -0.1) is 0 Å². The lowest BCUT2D eigenvalue weighted by Gasteiger charge is -2.17. The van der Waals surface area contributed by atoms with Crippen LogP contribution in [0.1, 0.15) is 30.4 Å². The Morgan fingerprint density at radius 3 is 2.78 bits per heavy atom. The molecule has 0 aromatic heterocycles. The number of carbonyl (C=O) groups excluding carboxylic acids is 2. The van der Waals surface area contributed by atoms with Crippen LogP contribution in [0, 0.1) is 0 Å². The van der Waals surface area contributed by atoms with Crippen molar-refractivity contribution in [1.82, 2.24) is 5.32 Å². The van der Waals surface area contributed by atoms with E-state index in [0.29, 0.717) is 32.4 Å². The van der Waals surface area contributed by atoms with Gasteiger partial charge in [-0.1, -0.05) is 12.1 Å². The first-order valence-corrected chi connectivity index (χ1v) is 9.27. The van der Waals surface area contributed by atoms with Crippen LogP contribution in [0.25, 0.3) is 0 Å². The monoisotopic (exact) mass is 367 g/mol. The molecule has 2 aromatic rings. The van der Waals surface area contributed by atoms with Crippen molar-refractivity contribution in [3.05, 3.63) is 53.6 Å². The number of hydrogen-bond acceptors (Lipinski definition) is 4. The predicted molar refractivity (Wildman–Crippen MR) is 106 cm³/mol. The molecule has 0 spiro atoms. The van der Waals surface area contributed by atoms with Gasteiger partial charge in [-0.25, -0.2) is 0 Å². The molecular formula is C21H25N3O3. The fourth-order valence-corrected chi connectivity index (χ4v) is 2.99. The highest BCUT2D eigenvalue weighted by Crippen LogP contribution is 2.26. The summed E-state index contributed by atoms with van der Waals surface area (Å²) < 4.78 is 5.73. The molecule has 27 heavy (non-hydrogen) atoms. The van der Waals surface area contributed by atoms with E-state index in [2.05, 4.69) is 10.6 Å². The van der Waals surface area contributed by atoms with E-state index in [-0.39, 0.29) is 11.8 Å². The molecular weight excluding hydrogens is 342 g/mol. The summed E-state index contributed by atoms with van der Waals surface area (Å²) in [6.45, 7) is 1.09. The number of carbonyl (C=O) groups is 2. The molecule has 0 saturated heterocycles. The van der Waals surface area contributed by atoms with Gasteiger partial charge in [0, 0.05) is 30.8 Å². The van der Waals surface area contributed by atoms with Crippen LogP contribution < -0.4 is 21.1 Å². The van der Waals surface area contributed by atoms with Gasteiger partial charge in [0.05, 0.1) is 6.61 Å². The Morgan fingerprint density at radius 1 is 1.15 bits per heavy atom. The Labute approximate surface area is 159 Å². The van der Waals surface area contributed by atoms with Crippen LogP contribution in [0.2, 0.25) is 0 Å². The molecule has 1 aliphatic heterocycles. The van der Waals surface area contributed by atoms with Crippen molar-refractivity contribution in [1.29, 1.82) is 0 Å². The van der Waals surface area contributed by atoms with Crippen LogP contribution in [0.5, 0.6) is 5.75 Å². The zero-order valence-corrected chi connectivity index (χ0v) is 15.3. The highest BCUT2D eigenvalue weighted by molar-refractivity contribution is 5.94. The van der Waals surface area contributed by atoms with E-state index in [9.17, 15) is 9.59 Å². The van der Waals surface area contributed by atoms with E-state index in [1.807, 2.05) is 42.5 Å². The Bertz CT molecular complexity index is 803. The number of aryl methyl sites for hydroxylation is 1. The van der Waals surface area contributed by atoms with E-state index in [1.165, 1.54) is 0 Å². The maximum Gasteiger partial charge on any atom is 0.224 e.